The third kappa shape index (κ3) is 24.7. The Hall–Kier alpha value is -6.61. The normalized spacial score (nSPS) is 11.2. The van der Waals surface area contributed by atoms with Gasteiger partial charge in [-0.15, -0.1) is 0 Å². The van der Waals surface area contributed by atoms with Crippen LogP contribution in [0.3, 0.4) is 0 Å². The number of hydrogen-bond acceptors (Lipinski definition) is 8. The molecule has 8 nitrogen and oxygen atoms in total. The molecule has 64 heavy (non-hydrogen) atoms. The molecule has 0 bridgehead atoms. The third-order valence-electron chi connectivity index (χ3n) is 8.15. The molecule has 2 atom stereocenters. The molecule has 0 spiro atoms. The van der Waals surface area contributed by atoms with Gasteiger partial charge in [0.15, 0.2) is 6.29 Å². The zero-order chi connectivity index (χ0) is 48.1. The summed E-state index contributed by atoms with van der Waals surface area (Å²) in [5.74, 6) is 3.08. The molecule has 0 fully saturated rings. The second-order valence-corrected chi connectivity index (χ2v) is 15.9. The minimum Gasteiger partial charge on any atom is -0.508 e. The maximum atomic E-state index is 10.5. The summed E-state index contributed by atoms with van der Waals surface area (Å²) in [5.41, 5.74) is 5.13. The maximum absolute atomic E-state index is 10.5. The highest BCUT2D eigenvalue weighted by molar-refractivity contribution is 5.69. The second kappa shape index (κ2) is 29.6. The van der Waals surface area contributed by atoms with E-state index in [2.05, 4.69) is 53.7 Å². The van der Waals surface area contributed by atoms with Crippen molar-refractivity contribution >= 4 is 36.3 Å². The predicted molar refractivity (Wildman–Crippen MR) is 269 cm³/mol. The van der Waals surface area contributed by atoms with Crippen LogP contribution in [0.25, 0.3) is 30.4 Å². The van der Waals surface area contributed by atoms with E-state index < -0.39 is 0 Å². The zero-order valence-electron chi connectivity index (χ0n) is 39.6. The van der Waals surface area contributed by atoms with E-state index in [1.165, 1.54) is 6.92 Å². The lowest BCUT2D eigenvalue weighted by atomic mass is 9.96. The second-order valence-electron chi connectivity index (χ2n) is 15.9. The molecular formula is C56H70O8. The van der Waals surface area contributed by atoms with Gasteiger partial charge < -0.3 is 33.5 Å². The van der Waals surface area contributed by atoms with E-state index in [4.69, 9.17) is 33.5 Å². The van der Waals surface area contributed by atoms with Crippen LogP contribution in [0, 0.1) is 5.41 Å². The van der Waals surface area contributed by atoms with Crippen LogP contribution in [0.2, 0.25) is 0 Å². The first-order chi connectivity index (χ1) is 30.3. The van der Waals surface area contributed by atoms with Gasteiger partial charge in [0.1, 0.15) is 34.3 Å². The van der Waals surface area contributed by atoms with Crippen molar-refractivity contribution < 1.29 is 38.3 Å². The molecule has 8 heteroatoms. The molecule has 0 amide bonds. The van der Waals surface area contributed by atoms with Crippen molar-refractivity contribution in [3.63, 3.8) is 0 Å². The topological polar surface area (TPSA) is 92.7 Å². The number of hydrogen-bond donors (Lipinski definition) is 1. The van der Waals surface area contributed by atoms with Crippen molar-refractivity contribution in [1.82, 2.24) is 0 Å². The van der Waals surface area contributed by atoms with Crippen molar-refractivity contribution in [3.05, 3.63) is 182 Å². The molecule has 0 aliphatic rings. The molecule has 342 valence electrons. The van der Waals surface area contributed by atoms with Gasteiger partial charge in [0.2, 0.25) is 6.29 Å². The highest BCUT2D eigenvalue weighted by Gasteiger charge is 2.26. The number of methoxy groups -OCH3 is 1. The predicted octanol–water partition coefficient (Wildman–Crippen LogP) is 14.6. The molecule has 0 aliphatic carbocycles. The Morgan fingerprint density at radius 2 is 0.891 bits per heavy atom. The summed E-state index contributed by atoms with van der Waals surface area (Å²) >= 11 is 0. The Balaban J connectivity index is 0.000000404. The van der Waals surface area contributed by atoms with E-state index in [1.54, 1.807) is 55.7 Å². The highest BCUT2D eigenvalue weighted by Crippen LogP contribution is 2.26. The lowest BCUT2D eigenvalue weighted by molar-refractivity contribution is -0.131. The van der Waals surface area contributed by atoms with Gasteiger partial charge in [-0.3, -0.25) is 4.79 Å². The van der Waals surface area contributed by atoms with E-state index in [0.717, 1.165) is 45.1 Å². The van der Waals surface area contributed by atoms with Crippen molar-refractivity contribution in [2.24, 2.45) is 5.41 Å². The van der Waals surface area contributed by atoms with E-state index in [9.17, 15) is 4.79 Å². The van der Waals surface area contributed by atoms with Gasteiger partial charge in [-0.25, -0.2) is 0 Å². The number of aromatic hydroxyl groups is 1. The maximum Gasteiger partial charge on any atom is 0.308 e. The van der Waals surface area contributed by atoms with Crippen LogP contribution in [0.4, 0.5) is 0 Å². The summed E-state index contributed by atoms with van der Waals surface area (Å²) in [5, 5.41) is 8.82. The van der Waals surface area contributed by atoms with Crippen molar-refractivity contribution in [3.8, 4) is 28.7 Å². The molecule has 0 radical (unpaired) electrons. The van der Waals surface area contributed by atoms with Crippen LogP contribution >= 0.6 is 0 Å². The lowest BCUT2D eigenvalue weighted by Gasteiger charge is -2.29. The van der Waals surface area contributed by atoms with Gasteiger partial charge in [-0.05, 0) is 123 Å². The molecule has 5 aromatic carbocycles. The Morgan fingerprint density at radius 3 is 1.19 bits per heavy atom. The van der Waals surface area contributed by atoms with Crippen LogP contribution in [-0.4, -0.2) is 43.0 Å². The number of benzene rings is 5. The van der Waals surface area contributed by atoms with Gasteiger partial charge in [-0.1, -0.05) is 145 Å². The first kappa shape index (κ1) is 55.4. The summed E-state index contributed by atoms with van der Waals surface area (Å²) in [6.07, 6.45) is 8.45. The van der Waals surface area contributed by atoms with E-state index >= 15 is 0 Å². The van der Waals surface area contributed by atoms with Crippen molar-refractivity contribution in [1.29, 1.82) is 0 Å². The van der Waals surface area contributed by atoms with Gasteiger partial charge in [0, 0.05) is 26.1 Å². The van der Waals surface area contributed by atoms with E-state index in [0.29, 0.717) is 18.1 Å². The largest absolute Gasteiger partial charge is 0.508 e. The minimum absolute atomic E-state index is 0.0497. The smallest absolute Gasteiger partial charge is 0.308 e. The summed E-state index contributed by atoms with van der Waals surface area (Å²) in [4.78, 5) is 10.5. The van der Waals surface area contributed by atoms with E-state index in [-0.39, 0.29) is 29.6 Å². The molecule has 0 saturated heterocycles. The van der Waals surface area contributed by atoms with Gasteiger partial charge in [0.05, 0.1) is 0 Å². The highest BCUT2D eigenvalue weighted by atomic mass is 16.7. The number of phenolic OH excluding ortho intramolecular Hbond substituents is 1. The van der Waals surface area contributed by atoms with Crippen molar-refractivity contribution in [2.75, 3.05) is 13.7 Å². The molecule has 0 aliphatic heterocycles. The van der Waals surface area contributed by atoms with Crippen LogP contribution in [0.15, 0.2) is 154 Å². The van der Waals surface area contributed by atoms with Gasteiger partial charge in [-0.2, -0.15) is 0 Å². The minimum atomic E-state index is -0.304. The van der Waals surface area contributed by atoms with Crippen molar-refractivity contribution in [2.45, 2.75) is 80.5 Å². The number of carbonyl (C=O) groups is 1. The SMILES string of the molecule is C=Cc1ccc(O)cc1.C=Cc1ccc(OC(C)(C)C)cc1.C=Cc1ccc(OC(C)=O)cc1.C=Cc1ccc(OC(C)OCC)cc1.C=Cc1ccc(OC(OC)C(C)(C)C)cc1. The summed E-state index contributed by atoms with van der Waals surface area (Å²) in [6.45, 7) is 36.5. The number of rotatable bonds is 14. The van der Waals surface area contributed by atoms with Crippen LogP contribution in [-0.2, 0) is 14.3 Å². The average molecular weight is 871 g/mol. The van der Waals surface area contributed by atoms with Crippen LogP contribution < -0.4 is 18.9 Å². The molecule has 5 aromatic rings. The number of esters is 1. The summed E-state index contributed by atoms with van der Waals surface area (Å²) < 4.78 is 32.4. The number of phenols is 1. The first-order valence-corrected chi connectivity index (χ1v) is 21.0. The Labute approximate surface area is 383 Å². The van der Waals surface area contributed by atoms with Gasteiger partial charge in [0.25, 0.3) is 0 Å². The van der Waals surface area contributed by atoms with E-state index in [1.807, 2.05) is 138 Å². The molecule has 2 unspecified atom stereocenters. The quantitative estimate of drug-likeness (QED) is 0.0670. The Kier molecular flexibility index (Phi) is 25.7. The molecule has 0 aromatic heterocycles. The standard InChI is InChI=1S/C14H20O2.C12H16O2.C12H16O.C10H10O2.C8H8O/c1-6-11-7-9-12(10-8-11)16-13(15-5)14(2,3)4;1-4-11-6-8-12(9-7-11)14-10(3)13-5-2;1-5-10-6-8-11(9-7-10)13-12(2,3)4;1-3-9-4-6-10(7-5-9)12-8(2)11;1-2-7-3-5-8(9)6-4-7/h6-10,13H,1H2,2-5H3;4,6-10H,1,5H2,2-3H3;5-9H,1H2,2-4H3;3-7H,1H2,2H3;2-6,9H,1H2. The zero-order valence-corrected chi connectivity index (χ0v) is 39.6. The molecule has 0 saturated carbocycles. The van der Waals surface area contributed by atoms with Crippen LogP contribution in [0.5, 0.6) is 28.7 Å². The fourth-order valence-electron chi connectivity index (χ4n) is 5.00. The fraction of sp³-hybridized carbons (Fsp3) is 0.268. The summed E-state index contributed by atoms with van der Waals surface area (Å²) in [7, 11) is 1.66. The molecule has 0 heterocycles. The molecule has 1 N–H and O–H groups in total. The Bertz CT molecular complexity index is 2090. The third-order valence-corrected chi connectivity index (χ3v) is 8.15. The number of ether oxygens (including phenoxy) is 6. The monoisotopic (exact) mass is 871 g/mol. The molecular weight excluding hydrogens is 801 g/mol. The lowest BCUT2D eigenvalue weighted by Crippen LogP contribution is -2.33. The Morgan fingerprint density at radius 1 is 0.562 bits per heavy atom. The van der Waals surface area contributed by atoms with Crippen LogP contribution in [0.1, 0.15) is 90.1 Å². The number of carbonyl (C=O) groups excluding carboxylic acids is 1. The first-order valence-electron chi connectivity index (χ1n) is 21.0. The summed E-state index contributed by atoms with van der Waals surface area (Å²) in [6, 6.07) is 37.5. The average Bonchev–Trinajstić information content (AvgIpc) is 3.26. The molecule has 5 rings (SSSR count). The fourth-order valence-corrected chi connectivity index (χ4v) is 5.00. The van der Waals surface area contributed by atoms with Gasteiger partial charge >= 0.3 is 5.97 Å².